The van der Waals surface area contributed by atoms with Gasteiger partial charge in [-0.15, -0.1) is 11.3 Å². The van der Waals surface area contributed by atoms with E-state index in [9.17, 15) is 9.18 Å². The molecular formula is C10H7FO2S. The van der Waals surface area contributed by atoms with E-state index >= 15 is 0 Å². The molecule has 0 aromatic carbocycles. The monoisotopic (exact) mass is 210 g/mol. The number of carbonyl (C=O) groups is 1. The van der Waals surface area contributed by atoms with Gasteiger partial charge in [0.15, 0.2) is 5.78 Å². The number of hydrogen-bond donors (Lipinski definition) is 0. The predicted molar refractivity (Wildman–Crippen MR) is 51.0 cm³/mol. The van der Waals surface area contributed by atoms with E-state index < -0.39 is 5.82 Å². The van der Waals surface area contributed by atoms with E-state index in [0.717, 1.165) is 16.9 Å². The Labute approximate surface area is 84.0 Å². The standard InChI is InChI=1S/C10H7FO2S/c11-8-2-4-14-10(8)9(12)5-7-1-3-13-6-7/h1-4,6H,5H2. The average molecular weight is 210 g/mol. The minimum Gasteiger partial charge on any atom is -0.472 e. The largest absolute Gasteiger partial charge is 0.472 e. The first-order valence-electron chi connectivity index (χ1n) is 4.04. The summed E-state index contributed by atoms with van der Waals surface area (Å²) in [7, 11) is 0. The summed E-state index contributed by atoms with van der Waals surface area (Å²) in [5.41, 5.74) is 0.766. The second-order valence-corrected chi connectivity index (χ2v) is 3.75. The lowest BCUT2D eigenvalue weighted by Crippen LogP contribution is -2.01. The van der Waals surface area contributed by atoms with Gasteiger partial charge in [-0.25, -0.2) is 4.39 Å². The molecule has 4 heteroatoms. The van der Waals surface area contributed by atoms with Crippen molar-refractivity contribution >= 4 is 17.1 Å². The SMILES string of the molecule is O=C(Cc1ccoc1)c1sccc1F. The molecule has 2 aromatic rings. The fourth-order valence-electron chi connectivity index (χ4n) is 1.15. The highest BCUT2D eigenvalue weighted by atomic mass is 32.1. The number of halogens is 1. The first-order valence-corrected chi connectivity index (χ1v) is 4.92. The second-order valence-electron chi connectivity index (χ2n) is 2.83. The molecule has 0 N–H and O–H groups in total. The van der Waals surface area contributed by atoms with E-state index in [-0.39, 0.29) is 17.1 Å². The fraction of sp³-hybridized carbons (Fsp3) is 0.100. The first-order chi connectivity index (χ1) is 6.77. The topological polar surface area (TPSA) is 30.2 Å². The van der Waals surface area contributed by atoms with Crippen molar-refractivity contribution in [3.05, 3.63) is 46.3 Å². The lowest BCUT2D eigenvalue weighted by Gasteiger charge is -1.94. The highest BCUT2D eigenvalue weighted by Gasteiger charge is 2.13. The summed E-state index contributed by atoms with van der Waals surface area (Å²) in [6.07, 6.45) is 3.17. The van der Waals surface area contributed by atoms with E-state index in [1.807, 2.05) is 0 Å². The zero-order valence-corrected chi connectivity index (χ0v) is 8.01. The van der Waals surface area contributed by atoms with Crippen LogP contribution in [0.4, 0.5) is 4.39 Å². The third-order valence-corrected chi connectivity index (χ3v) is 2.75. The Balaban J connectivity index is 2.14. The third-order valence-electron chi connectivity index (χ3n) is 1.82. The van der Waals surface area contributed by atoms with Gasteiger partial charge >= 0.3 is 0 Å². The van der Waals surface area contributed by atoms with Crippen molar-refractivity contribution in [1.29, 1.82) is 0 Å². The van der Waals surface area contributed by atoms with Crippen LogP contribution < -0.4 is 0 Å². The third kappa shape index (κ3) is 1.75. The number of carbonyl (C=O) groups excluding carboxylic acids is 1. The summed E-state index contributed by atoms with van der Waals surface area (Å²) in [6.45, 7) is 0. The van der Waals surface area contributed by atoms with Gasteiger partial charge in [-0.05, 0) is 23.1 Å². The Morgan fingerprint density at radius 1 is 1.50 bits per heavy atom. The molecule has 0 spiro atoms. The summed E-state index contributed by atoms with van der Waals surface area (Å²) in [5, 5.41) is 1.57. The summed E-state index contributed by atoms with van der Waals surface area (Å²) in [4.78, 5) is 11.7. The molecular weight excluding hydrogens is 203 g/mol. The molecule has 14 heavy (non-hydrogen) atoms. The van der Waals surface area contributed by atoms with Gasteiger partial charge in [0, 0.05) is 6.42 Å². The van der Waals surface area contributed by atoms with E-state index in [1.54, 1.807) is 11.4 Å². The van der Waals surface area contributed by atoms with E-state index in [1.165, 1.54) is 18.6 Å². The van der Waals surface area contributed by atoms with Crippen LogP contribution >= 0.6 is 11.3 Å². The van der Waals surface area contributed by atoms with Crippen molar-refractivity contribution in [2.45, 2.75) is 6.42 Å². The molecule has 0 aliphatic heterocycles. The van der Waals surface area contributed by atoms with Gasteiger partial charge in [0.2, 0.25) is 0 Å². The second kappa shape index (κ2) is 3.75. The highest BCUT2D eigenvalue weighted by molar-refractivity contribution is 7.12. The normalized spacial score (nSPS) is 10.4. The maximum Gasteiger partial charge on any atom is 0.180 e. The molecule has 0 radical (unpaired) electrons. The average Bonchev–Trinajstić information content (AvgIpc) is 2.75. The minimum absolute atomic E-state index is 0.186. The molecule has 0 atom stereocenters. The van der Waals surface area contributed by atoms with Crippen LogP contribution in [-0.4, -0.2) is 5.78 Å². The van der Waals surface area contributed by atoms with Crippen LogP contribution in [-0.2, 0) is 6.42 Å². The number of ketones is 1. The number of rotatable bonds is 3. The summed E-state index contributed by atoms with van der Waals surface area (Å²) in [5.74, 6) is -0.651. The Morgan fingerprint density at radius 2 is 2.36 bits per heavy atom. The van der Waals surface area contributed by atoms with Crippen LogP contribution in [0.2, 0.25) is 0 Å². The van der Waals surface area contributed by atoms with Gasteiger partial charge in [-0.2, -0.15) is 0 Å². The molecule has 0 unspecified atom stereocenters. The molecule has 72 valence electrons. The number of hydrogen-bond acceptors (Lipinski definition) is 3. The maximum absolute atomic E-state index is 13.0. The summed E-state index contributed by atoms with van der Waals surface area (Å²) < 4.78 is 17.8. The van der Waals surface area contributed by atoms with E-state index in [0.29, 0.717) is 0 Å². The van der Waals surface area contributed by atoms with Crippen molar-refractivity contribution in [2.75, 3.05) is 0 Å². The molecule has 0 aliphatic rings. The Hall–Kier alpha value is -1.42. The quantitative estimate of drug-likeness (QED) is 0.729. The maximum atomic E-state index is 13.0. The van der Waals surface area contributed by atoms with Crippen molar-refractivity contribution in [3.63, 3.8) is 0 Å². The van der Waals surface area contributed by atoms with Crippen molar-refractivity contribution < 1.29 is 13.6 Å². The zero-order valence-electron chi connectivity index (χ0n) is 7.20. The van der Waals surface area contributed by atoms with Crippen LogP contribution in [0.1, 0.15) is 15.2 Å². The van der Waals surface area contributed by atoms with Crippen LogP contribution in [0, 0.1) is 5.82 Å². The zero-order chi connectivity index (χ0) is 9.97. The predicted octanol–water partition coefficient (Wildman–Crippen LogP) is 2.91. The smallest absolute Gasteiger partial charge is 0.180 e. The van der Waals surface area contributed by atoms with Crippen LogP contribution in [0.25, 0.3) is 0 Å². The van der Waals surface area contributed by atoms with Crippen molar-refractivity contribution in [3.8, 4) is 0 Å². The molecule has 0 bridgehead atoms. The number of furan rings is 1. The van der Waals surface area contributed by atoms with Gasteiger partial charge < -0.3 is 4.42 Å². The summed E-state index contributed by atoms with van der Waals surface area (Å²) in [6, 6.07) is 3.00. The lowest BCUT2D eigenvalue weighted by molar-refractivity contribution is 0.0993. The number of thiophene rings is 1. The van der Waals surface area contributed by atoms with Gasteiger partial charge in [-0.3, -0.25) is 4.79 Å². The lowest BCUT2D eigenvalue weighted by atomic mass is 10.1. The molecule has 0 saturated carbocycles. The fourth-order valence-corrected chi connectivity index (χ4v) is 1.86. The molecule has 2 rings (SSSR count). The van der Waals surface area contributed by atoms with Gasteiger partial charge in [0.1, 0.15) is 10.7 Å². The molecule has 2 heterocycles. The molecule has 2 nitrogen and oxygen atoms in total. The summed E-state index contributed by atoms with van der Waals surface area (Å²) >= 11 is 1.12. The van der Waals surface area contributed by atoms with E-state index in [4.69, 9.17) is 4.42 Å². The van der Waals surface area contributed by atoms with E-state index in [2.05, 4.69) is 0 Å². The molecule has 0 aliphatic carbocycles. The van der Waals surface area contributed by atoms with Gasteiger partial charge in [0.25, 0.3) is 0 Å². The minimum atomic E-state index is -0.441. The molecule has 0 fully saturated rings. The highest BCUT2D eigenvalue weighted by Crippen LogP contribution is 2.17. The molecule has 0 saturated heterocycles. The Morgan fingerprint density at radius 3 is 2.93 bits per heavy atom. The van der Waals surface area contributed by atoms with Crippen molar-refractivity contribution in [2.24, 2.45) is 0 Å². The van der Waals surface area contributed by atoms with Gasteiger partial charge in [0.05, 0.1) is 12.5 Å². The van der Waals surface area contributed by atoms with Crippen LogP contribution in [0.5, 0.6) is 0 Å². The molecule has 0 amide bonds. The molecule has 2 aromatic heterocycles. The van der Waals surface area contributed by atoms with Crippen molar-refractivity contribution in [1.82, 2.24) is 0 Å². The van der Waals surface area contributed by atoms with Crippen LogP contribution in [0.15, 0.2) is 34.5 Å². The Bertz CT molecular complexity index is 431. The first kappa shape index (κ1) is 9.15. The number of Topliss-reactive ketones (excluding diaryl/α,β-unsaturated/α-hetero) is 1. The van der Waals surface area contributed by atoms with Crippen LogP contribution in [0.3, 0.4) is 0 Å². The van der Waals surface area contributed by atoms with Gasteiger partial charge in [-0.1, -0.05) is 0 Å². The Kier molecular flexibility index (Phi) is 2.45.